The molecule has 3 aromatic rings. The van der Waals surface area contributed by atoms with E-state index in [4.69, 9.17) is 6.57 Å². The summed E-state index contributed by atoms with van der Waals surface area (Å²) >= 11 is 0. The molecule has 0 saturated carbocycles. The van der Waals surface area contributed by atoms with E-state index >= 15 is 0 Å². The molecule has 20 heavy (non-hydrogen) atoms. The van der Waals surface area contributed by atoms with Crippen molar-refractivity contribution in [2.45, 2.75) is 6.92 Å². The largest absolute Gasteiger partial charge is 0.362 e. The Labute approximate surface area is 116 Å². The second kappa shape index (κ2) is 4.98. The molecule has 0 aliphatic carbocycles. The molecule has 0 saturated heterocycles. The molecule has 0 spiro atoms. The minimum Gasteiger partial charge on any atom is -0.362 e. The lowest BCUT2D eigenvalue weighted by molar-refractivity contribution is 1.10. The zero-order valence-electron chi connectivity index (χ0n) is 11.0. The predicted octanol–water partition coefficient (Wildman–Crippen LogP) is 4.00. The smallest absolute Gasteiger partial charge is 0.250 e. The normalized spacial score (nSPS) is 10.2. The molecule has 2 heterocycles. The molecule has 96 valence electrons. The SMILES string of the molecule is [C-]#[N+]c1cc(-c2cc(C)c(-c3ccccc3)cn2)n[nH]1. The highest BCUT2D eigenvalue weighted by Crippen LogP contribution is 2.26. The molecule has 4 heteroatoms. The highest BCUT2D eigenvalue weighted by Gasteiger charge is 2.09. The molecule has 0 aliphatic rings. The molecule has 1 aromatic carbocycles. The lowest BCUT2D eigenvalue weighted by Crippen LogP contribution is -1.89. The van der Waals surface area contributed by atoms with Crippen molar-refractivity contribution in [2.24, 2.45) is 0 Å². The lowest BCUT2D eigenvalue weighted by atomic mass is 10.0. The molecule has 0 atom stereocenters. The number of rotatable bonds is 2. The summed E-state index contributed by atoms with van der Waals surface area (Å²) in [5.41, 5.74) is 4.85. The number of aromatic nitrogens is 3. The average molecular weight is 260 g/mol. The second-order valence-electron chi connectivity index (χ2n) is 4.50. The van der Waals surface area contributed by atoms with Crippen molar-refractivity contribution >= 4 is 5.82 Å². The highest BCUT2D eigenvalue weighted by atomic mass is 15.2. The fourth-order valence-corrected chi connectivity index (χ4v) is 2.12. The number of aryl methyl sites for hydroxylation is 1. The van der Waals surface area contributed by atoms with Gasteiger partial charge in [-0.1, -0.05) is 36.9 Å². The van der Waals surface area contributed by atoms with Gasteiger partial charge in [-0.2, -0.15) is 0 Å². The van der Waals surface area contributed by atoms with Crippen LogP contribution in [-0.4, -0.2) is 15.2 Å². The standard InChI is InChI=1S/C16H12N4/c1-11-8-14(15-9-16(17-2)20-19-15)18-10-13(11)12-6-4-3-5-7-12/h3-10H,1H3,(H,19,20). The van der Waals surface area contributed by atoms with Crippen LogP contribution in [0.15, 0.2) is 48.7 Å². The van der Waals surface area contributed by atoms with Crippen LogP contribution < -0.4 is 0 Å². The Kier molecular flexibility index (Phi) is 3.02. The van der Waals surface area contributed by atoms with Crippen molar-refractivity contribution in [3.8, 4) is 22.5 Å². The Morgan fingerprint density at radius 2 is 1.90 bits per heavy atom. The molecule has 1 N–H and O–H groups in total. The first-order valence-electron chi connectivity index (χ1n) is 6.23. The number of hydrogen-bond acceptors (Lipinski definition) is 2. The van der Waals surface area contributed by atoms with Crippen molar-refractivity contribution in [2.75, 3.05) is 0 Å². The Balaban J connectivity index is 2.02. The fraction of sp³-hybridized carbons (Fsp3) is 0.0625. The maximum atomic E-state index is 6.94. The van der Waals surface area contributed by atoms with E-state index in [1.807, 2.05) is 30.5 Å². The van der Waals surface area contributed by atoms with Gasteiger partial charge in [0.1, 0.15) is 5.69 Å². The molecule has 0 radical (unpaired) electrons. The molecular weight excluding hydrogens is 248 g/mol. The Hall–Kier alpha value is -2.93. The summed E-state index contributed by atoms with van der Waals surface area (Å²) in [4.78, 5) is 7.76. The Morgan fingerprint density at radius 3 is 2.55 bits per heavy atom. The van der Waals surface area contributed by atoms with Gasteiger partial charge in [0.05, 0.1) is 5.69 Å². The number of aromatic amines is 1. The molecule has 0 fully saturated rings. The number of H-pyrrole nitrogens is 1. The molecule has 2 aromatic heterocycles. The molecule has 0 aliphatic heterocycles. The van der Waals surface area contributed by atoms with Crippen molar-refractivity contribution in [3.63, 3.8) is 0 Å². The van der Waals surface area contributed by atoms with Crippen molar-refractivity contribution in [1.82, 2.24) is 15.2 Å². The van der Waals surface area contributed by atoms with Gasteiger partial charge in [0.25, 0.3) is 5.82 Å². The van der Waals surface area contributed by atoms with Gasteiger partial charge in [-0.25, -0.2) is 5.10 Å². The third-order valence-electron chi connectivity index (χ3n) is 3.14. The minimum absolute atomic E-state index is 0.423. The maximum Gasteiger partial charge on any atom is 0.250 e. The van der Waals surface area contributed by atoms with Crippen LogP contribution in [0.5, 0.6) is 0 Å². The summed E-state index contributed by atoms with van der Waals surface area (Å²) in [5, 5.41) is 6.78. The Bertz CT molecular complexity index is 782. The van der Waals surface area contributed by atoms with Crippen molar-refractivity contribution in [1.29, 1.82) is 0 Å². The van der Waals surface area contributed by atoms with E-state index in [1.54, 1.807) is 6.07 Å². The molecule has 3 rings (SSSR count). The summed E-state index contributed by atoms with van der Waals surface area (Å²) in [6.45, 7) is 8.99. The van der Waals surface area contributed by atoms with Crippen LogP contribution in [0.4, 0.5) is 5.82 Å². The van der Waals surface area contributed by atoms with E-state index in [1.165, 1.54) is 0 Å². The molecule has 4 nitrogen and oxygen atoms in total. The van der Waals surface area contributed by atoms with E-state index in [9.17, 15) is 0 Å². The van der Waals surface area contributed by atoms with Gasteiger partial charge in [-0.3, -0.25) is 4.98 Å². The van der Waals surface area contributed by atoms with Crippen LogP contribution in [0.1, 0.15) is 5.56 Å². The number of pyridine rings is 1. The third kappa shape index (κ3) is 2.17. The first-order valence-corrected chi connectivity index (χ1v) is 6.23. The van der Waals surface area contributed by atoms with Crippen molar-refractivity contribution < 1.29 is 0 Å². The second-order valence-corrected chi connectivity index (χ2v) is 4.50. The number of hydrogen-bond donors (Lipinski definition) is 1. The topological polar surface area (TPSA) is 45.9 Å². The fourth-order valence-electron chi connectivity index (χ4n) is 2.12. The van der Waals surface area contributed by atoms with Crippen LogP contribution >= 0.6 is 0 Å². The van der Waals surface area contributed by atoms with Crippen molar-refractivity contribution in [3.05, 3.63) is 65.6 Å². The summed E-state index contributed by atoms with van der Waals surface area (Å²) in [7, 11) is 0. The maximum absolute atomic E-state index is 6.94. The number of benzene rings is 1. The lowest BCUT2D eigenvalue weighted by Gasteiger charge is -2.06. The highest BCUT2D eigenvalue weighted by molar-refractivity contribution is 5.70. The van der Waals surface area contributed by atoms with E-state index < -0.39 is 0 Å². The van der Waals surface area contributed by atoms with Gasteiger partial charge in [0.15, 0.2) is 0 Å². The summed E-state index contributed by atoms with van der Waals surface area (Å²) in [6.07, 6.45) is 1.85. The molecule has 0 amide bonds. The van der Waals surface area contributed by atoms with Gasteiger partial charge in [0.2, 0.25) is 0 Å². The van der Waals surface area contributed by atoms with Gasteiger partial charge in [-0.05, 0) is 30.2 Å². The van der Waals surface area contributed by atoms with E-state index in [2.05, 4.69) is 39.1 Å². The minimum atomic E-state index is 0.423. The van der Waals surface area contributed by atoms with Crippen LogP contribution in [0, 0.1) is 13.5 Å². The number of nitrogens with zero attached hydrogens (tertiary/aromatic N) is 3. The average Bonchev–Trinajstić information content (AvgIpc) is 2.97. The van der Waals surface area contributed by atoms with Crippen LogP contribution in [0.25, 0.3) is 27.4 Å². The Morgan fingerprint density at radius 1 is 1.10 bits per heavy atom. The van der Waals surface area contributed by atoms with Gasteiger partial charge in [-0.15, -0.1) is 5.10 Å². The van der Waals surface area contributed by atoms with Gasteiger partial charge in [0, 0.05) is 11.8 Å². The third-order valence-corrected chi connectivity index (χ3v) is 3.14. The summed E-state index contributed by atoms with van der Waals surface area (Å²) in [5.74, 6) is 0.423. The molecular formula is C16H12N4. The monoisotopic (exact) mass is 260 g/mol. The van der Waals surface area contributed by atoms with E-state index in [0.717, 1.165) is 22.4 Å². The summed E-state index contributed by atoms with van der Waals surface area (Å²) < 4.78 is 0. The summed E-state index contributed by atoms with van der Waals surface area (Å²) in [6, 6.07) is 13.8. The van der Waals surface area contributed by atoms with Gasteiger partial charge < -0.3 is 4.85 Å². The van der Waals surface area contributed by atoms with Gasteiger partial charge >= 0.3 is 0 Å². The quantitative estimate of drug-likeness (QED) is 0.708. The first-order chi connectivity index (χ1) is 9.78. The molecule has 0 bridgehead atoms. The van der Waals surface area contributed by atoms with Crippen LogP contribution in [-0.2, 0) is 0 Å². The molecule has 0 unspecified atom stereocenters. The van der Waals surface area contributed by atoms with E-state index in [0.29, 0.717) is 11.5 Å². The van der Waals surface area contributed by atoms with Crippen LogP contribution in [0.2, 0.25) is 0 Å². The zero-order valence-corrected chi connectivity index (χ0v) is 11.0. The van der Waals surface area contributed by atoms with E-state index in [-0.39, 0.29) is 0 Å². The number of nitrogens with one attached hydrogen (secondary N) is 1. The first kappa shape index (κ1) is 12.1. The van der Waals surface area contributed by atoms with Crippen LogP contribution in [0.3, 0.4) is 0 Å². The zero-order chi connectivity index (χ0) is 13.9. The predicted molar refractivity (Wildman–Crippen MR) is 78.3 cm³/mol.